The monoisotopic (exact) mass is 496 g/mol. The average molecular weight is 498 g/mol. The van der Waals surface area contributed by atoms with Gasteiger partial charge in [-0.3, -0.25) is 15.2 Å². The van der Waals surface area contributed by atoms with Crippen molar-refractivity contribution >= 4 is 52.1 Å². The van der Waals surface area contributed by atoms with Gasteiger partial charge in [-0.25, -0.2) is 5.43 Å². The molecule has 2 rings (SSSR count). The van der Waals surface area contributed by atoms with Crippen molar-refractivity contribution in [2.45, 2.75) is 46.1 Å². The summed E-state index contributed by atoms with van der Waals surface area (Å²) in [5, 5.41) is 1.54. The van der Waals surface area contributed by atoms with Crippen LogP contribution in [0.4, 0.5) is 5.69 Å². The number of hydrazine groups is 1. The molecule has 0 bridgehead atoms. The second-order valence-corrected chi connectivity index (χ2v) is 9.27. The number of aliphatic imine (C=N–C) groups is 1. The molecule has 0 saturated carbocycles. The number of amides is 1. The van der Waals surface area contributed by atoms with Crippen LogP contribution in [-0.4, -0.2) is 24.2 Å². The van der Waals surface area contributed by atoms with Crippen molar-refractivity contribution in [2.24, 2.45) is 22.6 Å². The predicted octanol–water partition coefficient (Wildman–Crippen LogP) is 6.18. The van der Waals surface area contributed by atoms with Gasteiger partial charge in [-0.2, -0.15) is 0 Å². The lowest BCUT2D eigenvalue weighted by atomic mass is 9.91. The van der Waals surface area contributed by atoms with Gasteiger partial charge in [-0.15, -0.1) is 0 Å². The van der Waals surface area contributed by atoms with E-state index in [-0.39, 0.29) is 5.91 Å². The number of nitrogens with one attached hydrogen (secondary N) is 2. The first-order chi connectivity index (χ1) is 15.2. The maximum absolute atomic E-state index is 12.7. The number of nitrogens with zero attached hydrogens (tertiary/aromatic N) is 1. The number of hydrogen-bond acceptors (Lipinski definition) is 4. The van der Waals surface area contributed by atoms with Crippen molar-refractivity contribution in [3.05, 3.63) is 63.1 Å². The Bertz CT molecular complexity index is 918. The van der Waals surface area contributed by atoms with Gasteiger partial charge in [0, 0.05) is 22.5 Å². The molecule has 174 valence electrons. The minimum atomic E-state index is -0.822. The summed E-state index contributed by atoms with van der Waals surface area (Å²) in [6.07, 6.45) is 3.24. The Labute approximate surface area is 205 Å². The number of hydrogen-bond donors (Lipinski definition) is 3. The van der Waals surface area contributed by atoms with Crippen LogP contribution in [0.1, 0.15) is 45.6 Å². The number of benzene rings is 2. The lowest BCUT2D eigenvalue weighted by molar-refractivity contribution is -0.123. The molecule has 0 fully saturated rings. The van der Waals surface area contributed by atoms with E-state index in [0.29, 0.717) is 38.9 Å². The molecule has 1 amide bonds. The summed E-state index contributed by atoms with van der Waals surface area (Å²) in [6, 6.07) is 11.5. The summed E-state index contributed by atoms with van der Waals surface area (Å²) in [7, 11) is 0. The van der Waals surface area contributed by atoms with Crippen LogP contribution in [0.2, 0.25) is 15.1 Å². The van der Waals surface area contributed by atoms with Gasteiger partial charge in [0.25, 0.3) is 5.91 Å². The minimum Gasteiger partial charge on any atom is -0.319 e. The van der Waals surface area contributed by atoms with Crippen molar-refractivity contribution in [1.29, 1.82) is 0 Å². The van der Waals surface area contributed by atoms with Crippen molar-refractivity contribution in [3.8, 4) is 0 Å². The van der Waals surface area contributed by atoms with E-state index in [1.807, 2.05) is 19.1 Å². The maximum Gasteiger partial charge on any atom is 0.251 e. The highest BCUT2D eigenvalue weighted by atomic mass is 35.5. The molecule has 2 aromatic rings. The summed E-state index contributed by atoms with van der Waals surface area (Å²) < 4.78 is 0. The second-order valence-electron chi connectivity index (χ2n) is 7.99. The van der Waals surface area contributed by atoms with Gasteiger partial charge in [-0.05, 0) is 54.7 Å². The van der Waals surface area contributed by atoms with E-state index in [2.05, 4.69) is 24.7 Å². The van der Waals surface area contributed by atoms with Gasteiger partial charge in [0.15, 0.2) is 0 Å². The van der Waals surface area contributed by atoms with E-state index < -0.39 is 12.0 Å². The fourth-order valence-electron chi connectivity index (χ4n) is 3.12. The molecule has 0 aliphatic rings. The summed E-state index contributed by atoms with van der Waals surface area (Å²) in [6.45, 7) is 6.96. The number of rotatable bonds is 11. The molecule has 0 aliphatic carbocycles. The van der Waals surface area contributed by atoms with E-state index in [4.69, 9.17) is 45.5 Å². The lowest BCUT2D eigenvalue weighted by Gasteiger charge is -2.22. The summed E-state index contributed by atoms with van der Waals surface area (Å²) >= 11 is 18.4. The van der Waals surface area contributed by atoms with Gasteiger partial charge in [0.05, 0.1) is 22.5 Å². The molecular formula is C24H31Cl3N4O. The van der Waals surface area contributed by atoms with Gasteiger partial charge in [-0.1, -0.05) is 74.1 Å². The highest BCUT2D eigenvalue weighted by Crippen LogP contribution is 2.30. The zero-order chi connectivity index (χ0) is 23.7. The molecular weight excluding hydrogens is 467 g/mol. The molecule has 5 nitrogen and oxygen atoms in total. The fraction of sp³-hybridized carbons (Fsp3) is 0.417. The normalized spacial score (nSPS) is 14.7. The summed E-state index contributed by atoms with van der Waals surface area (Å²) in [5.41, 5.74) is 14.0. The zero-order valence-corrected chi connectivity index (χ0v) is 20.9. The molecule has 0 heterocycles. The predicted molar refractivity (Wildman–Crippen MR) is 136 cm³/mol. The molecule has 0 radical (unpaired) electrons. The maximum atomic E-state index is 12.7. The number of nitrogens with two attached hydrogens (primary N) is 1. The average Bonchev–Trinajstić information content (AvgIpc) is 2.77. The molecule has 0 aliphatic heterocycles. The molecule has 0 spiro atoms. The highest BCUT2D eigenvalue weighted by molar-refractivity contribution is 6.36. The minimum absolute atomic E-state index is 0.301. The van der Waals surface area contributed by atoms with Crippen LogP contribution in [0.3, 0.4) is 0 Å². The Morgan fingerprint density at radius 2 is 1.72 bits per heavy atom. The van der Waals surface area contributed by atoms with Gasteiger partial charge in [0.1, 0.15) is 0 Å². The lowest BCUT2D eigenvalue weighted by Crippen LogP contribution is -2.51. The van der Waals surface area contributed by atoms with E-state index in [9.17, 15) is 4.79 Å². The molecule has 0 saturated heterocycles. The number of halogens is 3. The smallest absolute Gasteiger partial charge is 0.251 e. The molecule has 3 unspecified atom stereocenters. The summed E-state index contributed by atoms with van der Waals surface area (Å²) in [5.74, 6) is -0.0256. The Kier molecular flexibility index (Phi) is 11.0. The van der Waals surface area contributed by atoms with Crippen molar-refractivity contribution < 1.29 is 4.79 Å². The highest BCUT2D eigenvalue weighted by Gasteiger charge is 2.26. The van der Waals surface area contributed by atoms with Crippen LogP contribution in [-0.2, 0) is 4.79 Å². The number of carbonyl (C=O) groups is 1. The van der Waals surface area contributed by atoms with Crippen LogP contribution in [0.5, 0.6) is 0 Å². The third kappa shape index (κ3) is 8.05. The Morgan fingerprint density at radius 3 is 2.34 bits per heavy atom. The first-order valence-corrected chi connectivity index (χ1v) is 11.9. The topological polar surface area (TPSA) is 79.5 Å². The number of carbonyl (C=O) groups excluding carboxylic acids is 1. The standard InChI is InChI=1S/C24H31Cl3N4O/c1-4-15(2)6-5-13-29-31-24(32)22(28)16(3)23(17-7-9-18(25)10-8-17)30-21-12-11-19(26)14-20(21)27/h7-12,14-16,22,29H,4-6,13,28H2,1-3H3,(H,31,32). The molecule has 32 heavy (non-hydrogen) atoms. The fourth-order valence-corrected chi connectivity index (χ4v) is 3.70. The quantitative estimate of drug-likeness (QED) is 0.197. The van der Waals surface area contributed by atoms with Crippen LogP contribution in [0, 0.1) is 11.8 Å². The second kappa shape index (κ2) is 13.2. The molecule has 0 aromatic heterocycles. The van der Waals surface area contributed by atoms with Crippen LogP contribution >= 0.6 is 34.8 Å². The van der Waals surface area contributed by atoms with Crippen molar-refractivity contribution in [1.82, 2.24) is 10.9 Å². The van der Waals surface area contributed by atoms with Crippen LogP contribution < -0.4 is 16.6 Å². The van der Waals surface area contributed by atoms with Crippen molar-refractivity contribution in [3.63, 3.8) is 0 Å². The Balaban J connectivity index is 2.16. The SMILES string of the molecule is CCC(C)CCCNNC(=O)C(N)C(C)C(=Nc1ccc(Cl)cc1Cl)c1ccc(Cl)cc1. The Hall–Kier alpha value is -1.63. The van der Waals surface area contributed by atoms with Gasteiger partial charge >= 0.3 is 0 Å². The molecule has 8 heteroatoms. The third-order valence-electron chi connectivity index (χ3n) is 5.47. The van der Waals surface area contributed by atoms with E-state index in [1.54, 1.807) is 30.3 Å². The molecule has 3 atom stereocenters. The van der Waals surface area contributed by atoms with E-state index >= 15 is 0 Å². The van der Waals surface area contributed by atoms with E-state index in [0.717, 1.165) is 24.8 Å². The van der Waals surface area contributed by atoms with Crippen molar-refractivity contribution in [2.75, 3.05) is 6.54 Å². The van der Waals surface area contributed by atoms with Gasteiger partial charge in [0.2, 0.25) is 0 Å². The van der Waals surface area contributed by atoms with Crippen LogP contribution in [0.25, 0.3) is 0 Å². The largest absolute Gasteiger partial charge is 0.319 e. The Morgan fingerprint density at radius 1 is 1.06 bits per heavy atom. The molecule has 2 aromatic carbocycles. The third-order valence-corrected chi connectivity index (χ3v) is 6.26. The zero-order valence-electron chi connectivity index (χ0n) is 18.7. The van der Waals surface area contributed by atoms with Crippen LogP contribution in [0.15, 0.2) is 47.5 Å². The summed E-state index contributed by atoms with van der Waals surface area (Å²) in [4.78, 5) is 17.4. The van der Waals surface area contributed by atoms with Gasteiger partial charge < -0.3 is 5.73 Å². The van der Waals surface area contributed by atoms with E-state index in [1.165, 1.54) is 0 Å². The molecule has 4 N–H and O–H groups in total. The first kappa shape index (κ1) is 26.6. The first-order valence-electron chi connectivity index (χ1n) is 10.8.